The Morgan fingerprint density at radius 3 is 2.31 bits per heavy atom. The van der Waals surface area contributed by atoms with Gasteiger partial charge in [-0.1, -0.05) is 69.2 Å². The van der Waals surface area contributed by atoms with Crippen LogP contribution in [0.25, 0.3) is 11.4 Å². The molecule has 1 aromatic carbocycles. The van der Waals surface area contributed by atoms with Crippen molar-refractivity contribution in [2.24, 2.45) is 0 Å². The van der Waals surface area contributed by atoms with E-state index in [1.54, 1.807) is 26.8 Å². The largest absolute Gasteiger partial charge is 0.444 e. The lowest BCUT2D eigenvalue weighted by molar-refractivity contribution is -0.138. The molecule has 2 aromatic rings. The van der Waals surface area contributed by atoms with Crippen LogP contribution in [0.4, 0.5) is 18.0 Å². The highest BCUT2D eigenvalue weighted by atomic mass is 19.4. The van der Waals surface area contributed by atoms with Gasteiger partial charge in [0.2, 0.25) is 11.7 Å². The lowest BCUT2D eigenvalue weighted by Gasteiger charge is -2.37. The van der Waals surface area contributed by atoms with Crippen LogP contribution in [0, 0.1) is 0 Å². The number of carbonyl (C=O) groups is 1. The fourth-order valence-electron chi connectivity index (χ4n) is 4.28. The molecule has 6 nitrogen and oxygen atoms in total. The summed E-state index contributed by atoms with van der Waals surface area (Å²) in [6.45, 7) is 8.29. The van der Waals surface area contributed by atoms with E-state index < -0.39 is 23.4 Å². The Balaban J connectivity index is 1.58. The van der Waals surface area contributed by atoms with Crippen molar-refractivity contribution in [2.45, 2.75) is 103 Å². The van der Waals surface area contributed by atoms with Crippen LogP contribution >= 0.6 is 0 Å². The third-order valence-corrected chi connectivity index (χ3v) is 6.30. The minimum atomic E-state index is -4.46. The first kappa shape index (κ1) is 28.0. The smallest absolute Gasteiger partial charge is 0.416 e. The molecule has 36 heavy (non-hydrogen) atoms. The van der Waals surface area contributed by atoms with Crippen molar-refractivity contribution in [2.75, 3.05) is 13.1 Å². The van der Waals surface area contributed by atoms with Gasteiger partial charge >= 0.3 is 12.3 Å². The van der Waals surface area contributed by atoms with E-state index in [1.165, 1.54) is 36.6 Å². The molecule has 200 valence electrons. The molecule has 1 amide bonds. The zero-order valence-corrected chi connectivity index (χ0v) is 21.8. The SMILES string of the molecule is CCCCCCCCCCc1ccc(-c2noc(C3CN(C(=O)OC(C)(C)C)C3)n2)cc1C(F)(F)F. The third kappa shape index (κ3) is 7.96. The van der Waals surface area contributed by atoms with Crippen LogP contribution in [-0.2, 0) is 17.3 Å². The Morgan fingerprint density at radius 2 is 1.69 bits per heavy atom. The molecule has 1 saturated heterocycles. The van der Waals surface area contributed by atoms with Crippen molar-refractivity contribution < 1.29 is 27.2 Å². The second-order valence-electron chi connectivity index (χ2n) is 10.6. The monoisotopic (exact) mass is 509 g/mol. The molecule has 0 saturated carbocycles. The van der Waals surface area contributed by atoms with Gasteiger partial charge in [-0.3, -0.25) is 0 Å². The van der Waals surface area contributed by atoms with Gasteiger partial charge in [-0.2, -0.15) is 18.2 Å². The molecule has 2 heterocycles. The summed E-state index contributed by atoms with van der Waals surface area (Å²) in [6.07, 6.45) is 4.26. The number of aromatic nitrogens is 2. The fourth-order valence-corrected chi connectivity index (χ4v) is 4.28. The summed E-state index contributed by atoms with van der Waals surface area (Å²) in [5.74, 6) is 0.258. The predicted molar refractivity (Wildman–Crippen MR) is 132 cm³/mol. The highest BCUT2D eigenvalue weighted by Gasteiger charge is 2.38. The van der Waals surface area contributed by atoms with Crippen LogP contribution < -0.4 is 0 Å². The molecule has 0 atom stereocenters. The van der Waals surface area contributed by atoms with Crippen LogP contribution in [0.5, 0.6) is 0 Å². The summed E-state index contributed by atoms with van der Waals surface area (Å²) in [5, 5.41) is 3.90. The summed E-state index contributed by atoms with van der Waals surface area (Å²) >= 11 is 0. The summed E-state index contributed by atoms with van der Waals surface area (Å²) in [5.41, 5.74) is -0.668. The Kier molecular flexibility index (Phi) is 9.41. The Morgan fingerprint density at radius 1 is 1.06 bits per heavy atom. The second-order valence-corrected chi connectivity index (χ2v) is 10.6. The molecule has 9 heteroatoms. The lowest BCUT2D eigenvalue weighted by Crippen LogP contribution is -2.50. The number of aryl methyl sites for hydroxylation is 1. The van der Waals surface area contributed by atoms with E-state index in [2.05, 4.69) is 17.1 Å². The van der Waals surface area contributed by atoms with E-state index in [-0.39, 0.29) is 17.3 Å². The van der Waals surface area contributed by atoms with Gasteiger partial charge < -0.3 is 14.2 Å². The number of carbonyl (C=O) groups excluding carboxylic acids is 1. The highest BCUT2D eigenvalue weighted by molar-refractivity contribution is 5.69. The van der Waals surface area contributed by atoms with Gasteiger partial charge in [0.15, 0.2) is 0 Å². The van der Waals surface area contributed by atoms with Crippen LogP contribution in [0.15, 0.2) is 22.7 Å². The summed E-state index contributed by atoms with van der Waals surface area (Å²) in [7, 11) is 0. The van der Waals surface area contributed by atoms with Crippen molar-refractivity contribution in [3.63, 3.8) is 0 Å². The zero-order valence-electron chi connectivity index (χ0n) is 21.8. The quantitative estimate of drug-likeness (QED) is 0.289. The molecule has 0 radical (unpaired) electrons. The van der Waals surface area contributed by atoms with E-state index in [4.69, 9.17) is 9.26 Å². The van der Waals surface area contributed by atoms with Gasteiger partial charge in [0.1, 0.15) is 5.60 Å². The molecule has 0 bridgehead atoms. The first-order valence-electron chi connectivity index (χ1n) is 13.0. The number of unbranched alkanes of at least 4 members (excludes halogenated alkanes) is 7. The van der Waals surface area contributed by atoms with Gasteiger partial charge in [0.25, 0.3) is 0 Å². The van der Waals surface area contributed by atoms with E-state index in [1.807, 2.05) is 0 Å². The standard InChI is InChI=1S/C27H38F3N3O3/c1-5-6-7-8-9-10-11-12-13-19-14-15-20(16-22(19)27(28,29)30)23-31-24(36-32-23)21-17-33(18-21)25(34)35-26(2,3)4/h14-16,21H,5-13,17-18H2,1-4H3. The Hall–Kier alpha value is -2.58. The van der Waals surface area contributed by atoms with Crippen LogP contribution in [0.2, 0.25) is 0 Å². The summed E-state index contributed by atoms with van der Waals surface area (Å²) in [6, 6.07) is 4.27. The number of halogens is 3. The molecule has 1 aromatic heterocycles. The van der Waals surface area contributed by atoms with Crippen molar-refractivity contribution in [1.29, 1.82) is 0 Å². The zero-order chi connectivity index (χ0) is 26.3. The molecular formula is C27H38F3N3O3. The normalized spacial score (nSPS) is 14.7. The van der Waals surface area contributed by atoms with Crippen molar-refractivity contribution >= 4 is 6.09 Å². The number of hydrogen-bond acceptors (Lipinski definition) is 5. The van der Waals surface area contributed by atoms with Crippen LogP contribution in [0.3, 0.4) is 0 Å². The van der Waals surface area contributed by atoms with E-state index in [0.717, 1.165) is 31.7 Å². The van der Waals surface area contributed by atoms with Gasteiger partial charge in [-0.25, -0.2) is 4.79 Å². The lowest BCUT2D eigenvalue weighted by atomic mass is 9.97. The topological polar surface area (TPSA) is 68.5 Å². The molecule has 3 rings (SSSR count). The Bertz CT molecular complexity index is 992. The summed E-state index contributed by atoms with van der Waals surface area (Å²) in [4.78, 5) is 17.9. The number of hydrogen-bond donors (Lipinski definition) is 0. The van der Waals surface area contributed by atoms with Crippen LogP contribution in [0.1, 0.15) is 102 Å². The van der Waals surface area contributed by atoms with Gasteiger partial charge in [0.05, 0.1) is 11.5 Å². The predicted octanol–water partition coefficient (Wildman–Crippen LogP) is 7.77. The van der Waals surface area contributed by atoms with E-state index >= 15 is 0 Å². The number of nitrogens with zero attached hydrogens (tertiary/aromatic N) is 3. The fraction of sp³-hybridized carbons (Fsp3) is 0.667. The number of ether oxygens (including phenoxy) is 1. The number of alkyl halides is 3. The maximum Gasteiger partial charge on any atom is 0.416 e. The number of amides is 1. The molecule has 1 aliphatic rings. The molecule has 1 aliphatic heterocycles. The van der Waals surface area contributed by atoms with Crippen molar-refractivity contribution in [1.82, 2.24) is 15.0 Å². The Labute approximate surface area is 211 Å². The third-order valence-electron chi connectivity index (χ3n) is 6.30. The first-order valence-corrected chi connectivity index (χ1v) is 13.0. The summed E-state index contributed by atoms with van der Waals surface area (Å²) < 4.78 is 52.1. The van der Waals surface area contributed by atoms with Crippen LogP contribution in [-0.4, -0.2) is 39.8 Å². The molecule has 0 unspecified atom stereocenters. The second kappa shape index (κ2) is 12.1. The maximum atomic E-state index is 13.8. The molecule has 0 aliphatic carbocycles. The van der Waals surface area contributed by atoms with Crippen molar-refractivity contribution in [3.05, 3.63) is 35.2 Å². The minimum Gasteiger partial charge on any atom is -0.444 e. The highest BCUT2D eigenvalue weighted by Crippen LogP contribution is 2.36. The van der Waals surface area contributed by atoms with E-state index in [0.29, 0.717) is 31.0 Å². The molecular weight excluding hydrogens is 471 g/mol. The van der Waals surface area contributed by atoms with Crippen molar-refractivity contribution in [3.8, 4) is 11.4 Å². The minimum absolute atomic E-state index is 0.116. The number of benzene rings is 1. The average molecular weight is 510 g/mol. The number of likely N-dealkylation sites (tertiary alicyclic amines) is 1. The van der Waals surface area contributed by atoms with Gasteiger partial charge in [-0.15, -0.1) is 0 Å². The first-order chi connectivity index (χ1) is 17.0. The van der Waals surface area contributed by atoms with E-state index in [9.17, 15) is 18.0 Å². The van der Waals surface area contributed by atoms with Gasteiger partial charge in [-0.05, 0) is 45.2 Å². The average Bonchev–Trinajstić information content (AvgIpc) is 3.22. The van der Waals surface area contributed by atoms with Gasteiger partial charge in [0, 0.05) is 18.7 Å². The maximum absolute atomic E-state index is 13.8. The molecule has 1 fully saturated rings. The number of rotatable bonds is 11. The molecule has 0 N–H and O–H groups in total. The molecule has 0 spiro atoms.